The van der Waals surface area contributed by atoms with Crippen molar-refractivity contribution < 1.29 is 38.2 Å². The van der Waals surface area contributed by atoms with Crippen molar-refractivity contribution in [3.05, 3.63) is 12.2 Å². The Morgan fingerprint density at radius 3 is 1.29 bits per heavy atom. The minimum absolute atomic E-state index is 0.0352. The Morgan fingerprint density at radius 1 is 0.484 bits per heavy atom. The van der Waals surface area contributed by atoms with Crippen molar-refractivity contribution in [2.75, 3.05) is 45.9 Å². The number of carbonyl (C=O) groups is 6. The van der Waals surface area contributed by atoms with Crippen molar-refractivity contribution in [1.29, 1.82) is 0 Å². The second kappa shape index (κ2) is 30.7. The Balaban J connectivity index is 2.14. The molecule has 0 aromatic heterocycles. The zero-order chi connectivity index (χ0) is 46.5. The molecule has 0 aromatic carbocycles. The van der Waals surface area contributed by atoms with Crippen molar-refractivity contribution in [2.45, 2.75) is 208 Å². The van der Waals surface area contributed by atoms with E-state index in [4.69, 9.17) is 9.47 Å². The fourth-order valence-corrected chi connectivity index (χ4v) is 7.07. The van der Waals surface area contributed by atoms with Crippen LogP contribution in [0.25, 0.3) is 0 Å². The topological polar surface area (TPSA) is 172 Å². The van der Waals surface area contributed by atoms with Gasteiger partial charge in [-0.2, -0.15) is 0 Å². The normalized spacial score (nSPS) is 13.5. The monoisotopic (exact) mass is 876 g/mol. The summed E-state index contributed by atoms with van der Waals surface area (Å²) in [5, 5.41) is 11.7. The second-order valence-electron chi connectivity index (χ2n) is 19.8. The van der Waals surface area contributed by atoms with Crippen LogP contribution in [-0.2, 0) is 38.2 Å². The highest BCUT2D eigenvalue weighted by atomic mass is 16.5. The summed E-state index contributed by atoms with van der Waals surface area (Å²) in [7, 11) is 0. The molecule has 0 radical (unpaired) electrons. The molecule has 62 heavy (non-hydrogen) atoms. The molecule has 1 rings (SSSR count). The van der Waals surface area contributed by atoms with E-state index in [-0.39, 0.29) is 36.6 Å². The molecule has 0 spiro atoms. The average molecular weight is 876 g/mol. The summed E-state index contributed by atoms with van der Waals surface area (Å²) >= 11 is 0. The Labute approximate surface area is 376 Å². The van der Waals surface area contributed by atoms with E-state index in [1.54, 1.807) is 0 Å². The molecule has 0 atom stereocenters. The van der Waals surface area contributed by atoms with Gasteiger partial charge in [0, 0.05) is 81.8 Å². The van der Waals surface area contributed by atoms with Gasteiger partial charge in [-0.3, -0.25) is 33.7 Å². The fourth-order valence-electron chi connectivity index (χ4n) is 7.07. The van der Waals surface area contributed by atoms with E-state index in [0.29, 0.717) is 71.5 Å². The maximum atomic E-state index is 13.1. The number of nitrogens with zero attached hydrogens (tertiary/aromatic N) is 1. The Bertz CT molecular complexity index is 1360. The fraction of sp³-hybridized carbons (Fsp3) is 0.837. The van der Waals surface area contributed by atoms with E-state index in [9.17, 15) is 28.8 Å². The predicted molar refractivity (Wildman–Crippen MR) is 248 cm³/mol. The zero-order valence-electron chi connectivity index (χ0n) is 40.7. The number of imide groups is 1. The average Bonchev–Trinajstić information content (AvgIpc) is 3.52. The molecule has 1 aliphatic heterocycles. The van der Waals surface area contributed by atoms with Crippen molar-refractivity contribution in [2.24, 2.45) is 10.8 Å². The highest BCUT2D eigenvalue weighted by Gasteiger charge is 2.31. The Kier molecular flexibility index (Phi) is 28.1. The minimum atomic E-state index is -0.666. The van der Waals surface area contributed by atoms with Crippen LogP contribution in [0.15, 0.2) is 12.2 Å². The van der Waals surface area contributed by atoms with Crippen LogP contribution in [0.1, 0.15) is 197 Å². The summed E-state index contributed by atoms with van der Waals surface area (Å²) in [5.74, 6) is -1.18. The SMILES string of the molecule is CCCCCCCCCCCCCCCCCC(=O)NCCNC(=O)C(C)(C)CCOC(C)(C)CCNC(=O)C(C)(C)CCOC(C)(C)CCNC(=O)CCN1C(=O)C=CC1=O. The van der Waals surface area contributed by atoms with E-state index in [1.807, 2.05) is 55.4 Å². The predicted octanol–water partition coefficient (Wildman–Crippen LogP) is 8.23. The molecule has 0 bridgehead atoms. The van der Waals surface area contributed by atoms with Crippen molar-refractivity contribution in [3.8, 4) is 0 Å². The molecule has 0 unspecified atom stereocenters. The molecular weight excluding hydrogens is 787 g/mol. The molecule has 1 heterocycles. The Morgan fingerprint density at radius 2 is 0.839 bits per heavy atom. The van der Waals surface area contributed by atoms with Crippen LogP contribution in [0.2, 0.25) is 0 Å². The van der Waals surface area contributed by atoms with Crippen molar-refractivity contribution in [1.82, 2.24) is 26.2 Å². The number of hydrogen-bond acceptors (Lipinski definition) is 8. The molecular formula is C49H89N5O8. The smallest absolute Gasteiger partial charge is 0.253 e. The maximum absolute atomic E-state index is 13.1. The lowest BCUT2D eigenvalue weighted by atomic mass is 9.88. The van der Waals surface area contributed by atoms with Gasteiger partial charge in [-0.15, -0.1) is 0 Å². The molecule has 0 aromatic rings. The molecule has 6 amide bonds. The highest BCUT2D eigenvalue weighted by Crippen LogP contribution is 2.25. The lowest BCUT2D eigenvalue weighted by Crippen LogP contribution is -2.42. The number of ether oxygens (including phenoxy) is 2. The summed E-state index contributed by atoms with van der Waals surface area (Å²) in [6.45, 7) is 20.0. The number of unbranched alkanes of at least 4 members (excludes halogenated alkanes) is 14. The number of rotatable bonds is 38. The van der Waals surface area contributed by atoms with Crippen LogP contribution in [0.5, 0.6) is 0 Å². The van der Waals surface area contributed by atoms with Crippen LogP contribution < -0.4 is 21.3 Å². The third-order valence-corrected chi connectivity index (χ3v) is 11.9. The Hall–Kier alpha value is -3.32. The first-order valence-corrected chi connectivity index (χ1v) is 24.1. The minimum Gasteiger partial charge on any atom is -0.375 e. The molecule has 13 heteroatoms. The van der Waals surface area contributed by atoms with Gasteiger partial charge in [0.15, 0.2) is 0 Å². The first-order chi connectivity index (χ1) is 29.2. The van der Waals surface area contributed by atoms with E-state index < -0.39 is 33.8 Å². The second-order valence-corrected chi connectivity index (χ2v) is 19.8. The van der Waals surface area contributed by atoms with E-state index in [0.717, 1.165) is 17.7 Å². The molecule has 4 N–H and O–H groups in total. The van der Waals surface area contributed by atoms with Gasteiger partial charge >= 0.3 is 0 Å². The number of hydrogen-bond donors (Lipinski definition) is 4. The van der Waals surface area contributed by atoms with Gasteiger partial charge in [-0.05, 0) is 59.8 Å². The third-order valence-electron chi connectivity index (χ3n) is 11.9. The molecule has 0 saturated carbocycles. The maximum Gasteiger partial charge on any atom is 0.253 e. The van der Waals surface area contributed by atoms with E-state index in [2.05, 4.69) is 28.2 Å². The quantitative estimate of drug-likeness (QED) is 0.0355. The van der Waals surface area contributed by atoms with Crippen molar-refractivity contribution >= 4 is 35.4 Å². The van der Waals surface area contributed by atoms with Crippen LogP contribution in [0.4, 0.5) is 0 Å². The van der Waals surface area contributed by atoms with Gasteiger partial charge in [0.1, 0.15) is 0 Å². The zero-order valence-corrected chi connectivity index (χ0v) is 40.7. The molecule has 1 aliphatic rings. The summed E-state index contributed by atoms with van der Waals surface area (Å²) < 4.78 is 12.3. The van der Waals surface area contributed by atoms with Gasteiger partial charge in [0.05, 0.1) is 11.2 Å². The molecule has 0 fully saturated rings. The first-order valence-electron chi connectivity index (χ1n) is 24.1. The van der Waals surface area contributed by atoms with Gasteiger partial charge < -0.3 is 30.7 Å². The molecule has 13 nitrogen and oxygen atoms in total. The van der Waals surface area contributed by atoms with Crippen molar-refractivity contribution in [3.63, 3.8) is 0 Å². The number of amides is 6. The largest absolute Gasteiger partial charge is 0.375 e. The number of carbonyl (C=O) groups excluding carboxylic acids is 6. The molecule has 358 valence electrons. The van der Waals surface area contributed by atoms with E-state index >= 15 is 0 Å². The molecule has 0 aliphatic carbocycles. The number of nitrogens with one attached hydrogen (secondary N) is 4. The van der Waals surface area contributed by atoms with Gasteiger partial charge in [0.2, 0.25) is 23.6 Å². The van der Waals surface area contributed by atoms with Gasteiger partial charge in [0.25, 0.3) is 11.8 Å². The van der Waals surface area contributed by atoms with Crippen LogP contribution in [0.3, 0.4) is 0 Å². The summed E-state index contributed by atoms with van der Waals surface area (Å²) in [6, 6.07) is 0. The lowest BCUT2D eigenvalue weighted by molar-refractivity contribution is -0.137. The highest BCUT2D eigenvalue weighted by molar-refractivity contribution is 6.13. The summed E-state index contributed by atoms with van der Waals surface area (Å²) in [4.78, 5) is 74.9. The standard InChI is InChI=1S/C49H89N5O8/c1-10-11-12-13-14-15-16-17-18-19-20-21-22-23-24-25-40(55)51-35-36-53-45(60)47(4,5)32-39-62-49(8,9)30-34-52-44(59)46(2,3)31-38-61-48(6,7)29-33-50-41(56)28-37-54-42(57)26-27-43(54)58/h26-27H,10-25,28-39H2,1-9H3,(H,50,56)(H,51,55)(H,52,59)(H,53,60). The third kappa shape index (κ3) is 27.0. The summed E-state index contributed by atoms with van der Waals surface area (Å²) in [5.41, 5.74) is -2.36. The van der Waals surface area contributed by atoms with Gasteiger partial charge in [-0.1, -0.05) is 125 Å². The lowest BCUT2D eigenvalue weighted by Gasteiger charge is -2.31. The van der Waals surface area contributed by atoms with Gasteiger partial charge in [-0.25, -0.2) is 0 Å². The molecule has 0 saturated heterocycles. The van der Waals surface area contributed by atoms with Crippen LogP contribution in [0, 0.1) is 10.8 Å². The van der Waals surface area contributed by atoms with Crippen LogP contribution >= 0.6 is 0 Å². The first kappa shape index (κ1) is 56.7. The van der Waals surface area contributed by atoms with Crippen LogP contribution in [-0.4, -0.2) is 97.5 Å². The summed E-state index contributed by atoms with van der Waals surface area (Å²) in [6.07, 6.45) is 24.6. The van der Waals surface area contributed by atoms with E-state index in [1.165, 1.54) is 95.6 Å².